The van der Waals surface area contributed by atoms with Gasteiger partial charge in [0.15, 0.2) is 12.0 Å². The summed E-state index contributed by atoms with van der Waals surface area (Å²) >= 11 is 6.59. The molecule has 2 aliphatic rings. The maximum absolute atomic E-state index is 14.7. The molecule has 1 aliphatic carbocycles. The minimum Gasteiger partial charge on any atom is -0.388 e. The molecule has 0 bridgehead atoms. The van der Waals surface area contributed by atoms with Gasteiger partial charge in [0, 0.05) is 48.2 Å². The molecule has 2 N–H and O–H groups in total. The lowest BCUT2D eigenvalue weighted by Gasteiger charge is -2.36. The number of hydrogen-bond acceptors (Lipinski definition) is 8. The summed E-state index contributed by atoms with van der Waals surface area (Å²) in [7, 11) is 0. The highest BCUT2D eigenvalue weighted by molar-refractivity contribution is 6.31. The number of nitrogens with zero attached hydrogens (tertiary/aromatic N) is 5. The molecule has 0 radical (unpaired) electrons. The molecular formula is C32H31ClF3N5O4. The number of amides is 1. The van der Waals surface area contributed by atoms with Crippen molar-refractivity contribution in [2.45, 2.75) is 75.3 Å². The maximum atomic E-state index is 14.7. The lowest BCUT2D eigenvalue weighted by atomic mass is 9.82. The second kappa shape index (κ2) is 13.5. The number of rotatable bonds is 9. The first-order chi connectivity index (χ1) is 21.5. The van der Waals surface area contributed by atoms with Crippen molar-refractivity contribution in [1.29, 1.82) is 5.26 Å². The van der Waals surface area contributed by atoms with E-state index >= 15 is 0 Å². The number of carbonyl (C=O) groups excluding carboxylic acids is 2. The van der Waals surface area contributed by atoms with Crippen molar-refractivity contribution in [2.24, 2.45) is 5.92 Å². The average molecular weight is 642 g/mol. The third-order valence-electron chi connectivity index (χ3n) is 8.43. The van der Waals surface area contributed by atoms with Crippen LogP contribution < -0.4 is 9.80 Å². The Morgan fingerprint density at radius 3 is 2.56 bits per heavy atom. The van der Waals surface area contributed by atoms with Crippen LogP contribution in [-0.2, 0) is 9.59 Å². The van der Waals surface area contributed by atoms with Gasteiger partial charge in [0.05, 0.1) is 0 Å². The molecule has 2 heterocycles. The molecule has 236 valence electrons. The van der Waals surface area contributed by atoms with Gasteiger partial charge in [-0.25, -0.2) is 23.1 Å². The van der Waals surface area contributed by atoms with E-state index in [2.05, 4.69) is 9.97 Å². The van der Waals surface area contributed by atoms with Crippen LogP contribution in [0.15, 0.2) is 60.8 Å². The molecule has 1 amide bonds. The predicted octanol–water partition coefficient (Wildman–Crippen LogP) is 5.35. The summed E-state index contributed by atoms with van der Waals surface area (Å²) in [6.45, 7) is 0. The van der Waals surface area contributed by atoms with E-state index in [0.717, 1.165) is 15.9 Å². The zero-order chi connectivity index (χ0) is 32.3. The average Bonchev–Trinajstić information content (AvgIpc) is 3.32. The van der Waals surface area contributed by atoms with Gasteiger partial charge in [-0.2, -0.15) is 5.26 Å². The monoisotopic (exact) mass is 641 g/mol. The molecule has 1 unspecified atom stereocenters. The molecule has 2 fully saturated rings. The molecule has 1 saturated carbocycles. The van der Waals surface area contributed by atoms with E-state index in [1.165, 1.54) is 30.5 Å². The molecule has 1 aliphatic heterocycles. The van der Waals surface area contributed by atoms with Crippen LogP contribution in [0.1, 0.15) is 62.2 Å². The van der Waals surface area contributed by atoms with Crippen molar-refractivity contribution >= 4 is 34.9 Å². The number of benzene rings is 2. The Morgan fingerprint density at radius 1 is 1.13 bits per heavy atom. The van der Waals surface area contributed by atoms with Crippen LogP contribution in [0.4, 0.5) is 24.8 Å². The van der Waals surface area contributed by atoms with Crippen LogP contribution in [0.25, 0.3) is 0 Å². The number of alkyl halides is 2. The van der Waals surface area contributed by atoms with Gasteiger partial charge in [0.25, 0.3) is 5.91 Å². The first kappa shape index (κ1) is 32.3. The SMILES string of the molecule is N#Cc1ccnc(N2C(O)[C@H](O)C[C@H]2C(=O)N(c2cccc(F)c2)[C@H](C(=O)CCC2CCC(F)(F)CC2)c2ccccc2Cl)n1. The van der Waals surface area contributed by atoms with Gasteiger partial charge in [-0.15, -0.1) is 0 Å². The van der Waals surface area contributed by atoms with Crippen molar-refractivity contribution in [2.75, 3.05) is 9.80 Å². The Labute approximate surface area is 262 Å². The number of ketones is 1. The van der Waals surface area contributed by atoms with Gasteiger partial charge in [-0.1, -0.05) is 35.9 Å². The van der Waals surface area contributed by atoms with Crippen LogP contribution >= 0.6 is 11.6 Å². The van der Waals surface area contributed by atoms with E-state index in [4.69, 9.17) is 11.6 Å². The Hall–Kier alpha value is -4.05. The van der Waals surface area contributed by atoms with Gasteiger partial charge in [-0.3, -0.25) is 14.5 Å². The highest BCUT2D eigenvalue weighted by Crippen LogP contribution is 2.40. The number of halogens is 4. The summed E-state index contributed by atoms with van der Waals surface area (Å²) in [6.07, 6.45) is -1.86. The van der Waals surface area contributed by atoms with E-state index in [-0.39, 0.29) is 72.4 Å². The molecule has 1 saturated heterocycles. The van der Waals surface area contributed by atoms with Crippen molar-refractivity contribution in [1.82, 2.24) is 9.97 Å². The fourth-order valence-corrected chi connectivity index (χ4v) is 6.30. The number of hydrogen-bond donors (Lipinski definition) is 2. The van der Waals surface area contributed by atoms with Gasteiger partial charge in [-0.05, 0) is 55.5 Å². The summed E-state index contributed by atoms with van der Waals surface area (Å²) in [6, 6.07) is 11.9. The number of aromatic nitrogens is 2. The number of nitriles is 1. The summed E-state index contributed by atoms with van der Waals surface area (Å²) in [5.74, 6) is -4.97. The molecule has 45 heavy (non-hydrogen) atoms. The van der Waals surface area contributed by atoms with Gasteiger partial charge in [0.2, 0.25) is 11.9 Å². The molecular weight excluding hydrogens is 611 g/mol. The van der Waals surface area contributed by atoms with Crippen molar-refractivity contribution in [3.05, 3.63) is 82.9 Å². The van der Waals surface area contributed by atoms with Gasteiger partial charge in [0.1, 0.15) is 35.8 Å². The molecule has 5 rings (SSSR count). The standard InChI is InChI=1S/C32H31ClF3N5O4/c33-24-7-2-1-6-23(24)28(26(42)9-8-19-10-13-32(35,36)14-11-19)40(22-5-3-4-20(34)16-22)29(44)25-17-27(43)30(45)41(25)31-38-15-12-21(18-37)39-31/h1-7,12,15-16,19,25,27-28,30,43,45H,8-11,13-14,17H2/t25-,27+,28-,30?/m0/s1. The number of anilines is 2. The number of carbonyl (C=O) groups is 2. The highest BCUT2D eigenvalue weighted by atomic mass is 35.5. The Bertz CT molecular complexity index is 1590. The smallest absolute Gasteiger partial charge is 0.250 e. The van der Waals surface area contributed by atoms with E-state index < -0.39 is 47.8 Å². The van der Waals surface area contributed by atoms with Crippen molar-refractivity contribution in [3.8, 4) is 6.07 Å². The number of aliphatic hydroxyl groups excluding tert-OH is 2. The number of Topliss-reactive ketones (excluding diaryl/α,β-unsaturated/α-hetero) is 1. The molecule has 2 aromatic carbocycles. The molecule has 3 aromatic rings. The Morgan fingerprint density at radius 2 is 1.87 bits per heavy atom. The van der Waals surface area contributed by atoms with Gasteiger partial charge < -0.3 is 15.1 Å². The van der Waals surface area contributed by atoms with E-state index in [9.17, 15) is 38.2 Å². The van der Waals surface area contributed by atoms with Crippen LogP contribution in [0.3, 0.4) is 0 Å². The third-order valence-corrected chi connectivity index (χ3v) is 8.77. The zero-order valence-electron chi connectivity index (χ0n) is 24.1. The minimum absolute atomic E-state index is 0.0121. The van der Waals surface area contributed by atoms with Crippen LogP contribution in [0.5, 0.6) is 0 Å². The fourth-order valence-electron chi connectivity index (χ4n) is 6.06. The Kier molecular flexibility index (Phi) is 9.72. The summed E-state index contributed by atoms with van der Waals surface area (Å²) in [4.78, 5) is 39.2. The van der Waals surface area contributed by atoms with E-state index in [0.29, 0.717) is 6.42 Å². The third kappa shape index (κ3) is 7.11. The van der Waals surface area contributed by atoms with Gasteiger partial charge >= 0.3 is 0 Å². The molecule has 4 atom stereocenters. The number of aliphatic hydroxyl groups is 2. The first-order valence-corrected chi connectivity index (χ1v) is 15.0. The zero-order valence-corrected chi connectivity index (χ0v) is 24.8. The quantitative estimate of drug-likeness (QED) is 0.320. The van der Waals surface area contributed by atoms with Crippen LogP contribution in [0, 0.1) is 23.1 Å². The maximum Gasteiger partial charge on any atom is 0.250 e. The molecule has 1 aromatic heterocycles. The predicted molar refractivity (Wildman–Crippen MR) is 159 cm³/mol. The molecule has 9 nitrogen and oxygen atoms in total. The summed E-state index contributed by atoms with van der Waals surface area (Å²) in [5.41, 5.74) is 0.217. The lowest BCUT2D eigenvalue weighted by molar-refractivity contribution is -0.126. The Balaban J connectivity index is 1.56. The highest BCUT2D eigenvalue weighted by Gasteiger charge is 2.48. The van der Waals surface area contributed by atoms with Crippen molar-refractivity contribution in [3.63, 3.8) is 0 Å². The summed E-state index contributed by atoms with van der Waals surface area (Å²) < 4.78 is 42.2. The van der Waals surface area contributed by atoms with E-state index in [1.54, 1.807) is 24.3 Å². The minimum atomic E-state index is -2.72. The van der Waals surface area contributed by atoms with E-state index in [1.807, 2.05) is 6.07 Å². The molecule has 13 heteroatoms. The largest absolute Gasteiger partial charge is 0.388 e. The second-order valence-corrected chi connectivity index (χ2v) is 11.8. The molecule has 0 spiro atoms. The first-order valence-electron chi connectivity index (χ1n) is 14.6. The van der Waals surface area contributed by atoms with Crippen molar-refractivity contribution < 1.29 is 33.0 Å². The summed E-state index contributed by atoms with van der Waals surface area (Å²) in [5, 5.41) is 31.1. The normalized spacial score (nSPS) is 22.1. The second-order valence-electron chi connectivity index (χ2n) is 11.4. The van der Waals surface area contributed by atoms with Crippen LogP contribution in [0.2, 0.25) is 5.02 Å². The lowest BCUT2D eigenvalue weighted by Crippen LogP contribution is -2.51. The fraction of sp³-hybridized carbons (Fsp3) is 0.406. The van der Waals surface area contributed by atoms with Crippen LogP contribution in [-0.4, -0.2) is 56.2 Å². The topological polar surface area (TPSA) is 131 Å².